The summed E-state index contributed by atoms with van der Waals surface area (Å²) in [7, 11) is 0. The highest BCUT2D eigenvalue weighted by Gasteiger charge is 2.12. The molecule has 8 nitrogen and oxygen atoms in total. The largest absolute Gasteiger partial charge is 0.483 e. The monoisotopic (exact) mass is 463 g/mol. The minimum absolute atomic E-state index is 0.0783. The molecule has 1 amide bonds. The molecule has 2 aromatic carbocycles. The lowest BCUT2D eigenvalue weighted by atomic mass is 10.0. The fourth-order valence-electron chi connectivity index (χ4n) is 3.44. The molecule has 1 N–H and O–H groups in total. The summed E-state index contributed by atoms with van der Waals surface area (Å²) in [5.74, 6) is 1.14. The minimum atomic E-state index is -0.371. The number of aryl methyl sites for hydroxylation is 1. The zero-order valence-corrected chi connectivity index (χ0v) is 19.3. The van der Waals surface area contributed by atoms with Gasteiger partial charge in [-0.05, 0) is 48.2 Å². The third-order valence-corrected chi connectivity index (χ3v) is 5.15. The number of amides is 1. The van der Waals surface area contributed by atoms with Crippen LogP contribution in [0.5, 0.6) is 11.6 Å². The Balaban J connectivity index is 1.30. The maximum absolute atomic E-state index is 13.6. The molecule has 0 fully saturated rings. The number of carbonyl (C=O) groups excluding carboxylic acids is 1. The van der Waals surface area contributed by atoms with Gasteiger partial charge >= 0.3 is 0 Å². The first-order valence-electron chi connectivity index (χ1n) is 11.0. The molecule has 0 saturated heterocycles. The summed E-state index contributed by atoms with van der Waals surface area (Å²) in [5.41, 5.74) is 3.20. The van der Waals surface area contributed by atoms with E-state index >= 15 is 0 Å². The smallest absolute Gasteiger partial charge is 0.258 e. The number of ether oxygens (including phenoxy) is 2. The topological polar surface area (TPSA) is 90.6 Å². The molecule has 0 atom stereocenters. The van der Waals surface area contributed by atoms with E-state index in [0.29, 0.717) is 28.8 Å². The quantitative estimate of drug-likeness (QED) is 0.378. The third kappa shape index (κ3) is 5.48. The van der Waals surface area contributed by atoms with Gasteiger partial charge in [-0.3, -0.25) is 4.79 Å². The lowest BCUT2D eigenvalue weighted by Gasteiger charge is -2.15. The Morgan fingerprint density at radius 3 is 2.74 bits per heavy atom. The summed E-state index contributed by atoms with van der Waals surface area (Å²) in [6.07, 6.45) is 0. The number of fused-ring (bicyclic) bond motifs is 1. The van der Waals surface area contributed by atoms with Crippen LogP contribution in [0.25, 0.3) is 17.0 Å². The first-order valence-corrected chi connectivity index (χ1v) is 11.0. The predicted molar refractivity (Wildman–Crippen MR) is 125 cm³/mol. The van der Waals surface area contributed by atoms with Crippen molar-refractivity contribution in [3.63, 3.8) is 0 Å². The second kappa shape index (κ2) is 10.3. The van der Waals surface area contributed by atoms with E-state index in [9.17, 15) is 9.18 Å². The first kappa shape index (κ1) is 23.2. The van der Waals surface area contributed by atoms with Crippen molar-refractivity contribution in [3.05, 3.63) is 71.5 Å². The van der Waals surface area contributed by atoms with Gasteiger partial charge in [-0.1, -0.05) is 38.1 Å². The Morgan fingerprint density at radius 1 is 1.09 bits per heavy atom. The molecular formula is C25H26FN5O3. The molecule has 0 bridgehead atoms. The van der Waals surface area contributed by atoms with E-state index in [1.165, 1.54) is 16.6 Å². The normalized spacial score (nSPS) is 11.1. The third-order valence-electron chi connectivity index (χ3n) is 5.15. The molecule has 4 aromatic rings. The second-order valence-corrected chi connectivity index (χ2v) is 8.16. The van der Waals surface area contributed by atoms with Crippen molar-refractivity contribution in [1.29, 1.82) is 0 Å². The summed E-state index contributed by atoms with van der Waals surface area (Å²) in [5, 5.41) is 15.3. The van der Waals surface area contributed by atoms with Crippen molar-refractivity contribution in [3.8, 4) is 23.0 Å². The molecule has 0 unspecified atom stereocenters. The van der Waals surface area contributed by atoms with E-state index in [1.54, 1.807) is 24.3 Å². The average molecular weight is 464 g/mol. The van der Waals surface area contributed by atoms with Crippen LogP contribution in [0.1, 0.15) is 30.9 Å². The van der Waals surface area contributed by atoms with E-state index in [0.717, 1.165) is 16.9 Å². The Hall–Kier alpha value is -4.01. The second-order valence-electron chi connectivity index (χ2n) is 8.16. The van der Waals surface area contributed by atoms with E-state index in [2.05, 4.69) is 34.5 Å². The molecule has 0 aliphatic rings. The van der Waals surface area contributed by atoms with Crippen LogP contribution in [-0.4, -0.2) is 45.5 Å². The van der Waals surface area contributed by atoms with Gasteiger partial charge in [0.15, 0.2) is 18.1 Å². The molecule has 0 aliphatic heterocycles. The van der Waals surface area contributed by atoms with Crippen molar-refractivity contribution in [2.45, 2.75) is 26.7 Å². The van der Waals surface area contributed by atoms with Crippen LogP contribution in [-0.2, 0) is 4.79 Å². The molecule has 0 saturated carbocycles. The Kier molecular flexibility index (Phi) is 7.01. The standard InChI is InChI=1S/C25H26FN5O3/c1-16(2)20-8-7-17(3)13-21(20)34-15-23(32)27-11-12-33-24-10-9-22-28-29-25(31(22)30-24)18-5-4-6-19(26)14-18/h4-10,13-14,16H,11-12,15H2,1-3H3,(H,27,32). The fraction of sp³-hybridized carbons (Fsp3) is 0.280. The number of carbonyl (C=O) groups is 1. The maximum atomic E-state index is 13.6. The molecule has 0 aliphatic carbocycles. The van der Waals surface area contributed by atoms with Crippen LogP contribution >= 0.6 is 0 Å². The molecule has 9 heteroatoms. The number of rotatable bonds is 9. The number of hydrogen-bond donors (Lipinski definition) is 1. The van der Waals surface area contributed by atoms with Crippen LogP contribution < -0.4 is 14.8 Å². The highest BCUT2D eigenvalue weighted by atomic mass is 19.1. The van der Waals surface area contributed by atoms with Gasteiger partial charge < -0.3 is 14.8 Å². The van der Waals surface area contributed by atoms with Gasteiger partial charge in [0.05, 0.1) is 6.54 Å². The molecule has 4 rings (SSSR count). The summed E-state index contributed by atoms with van der Waals surface area (Å²) in [6, 6.07) is 15.4. The average Bonchev–Trinajstić information content (AvgIpc) is 3.23. The Morgan fingerprint density at radius 2 is 1.94 bits per heavy atom. The first-order chi connectivity index (χ1) is 16.4. The molecule has 2 aromatic heterocycles. The molecule has 34 heavy (non-hydrogen) atoms. The summed E-state index contributed by atoms with van der Waals surface area (Å²) in [6.45, 7) is 6.57. The van der Waals surface area contributed by atoms with Crippen LogP contribution in [0, 0.1) is 12.7 Å². The predicted octanol–water partition coefficient (Wildman–Crippen LogP) is 3.94. The highest BCUT2D eigenvalue weighted by molar-refractivity contribution is 5.77. The van der Waals surface area contributed by atoms with Gasteiger partial charge in [0.1, 0.15) is 18.2 Å². The lowest BCUT2D eigenvalue weighted by Crippen LogP contribution is -2.32. The molecular weight excluding hydrogens is 437 g/mol. The Labute approximate surface area is 196 Å². The van der Waals surface area contributed by atoms with Gasteiger partial charge in [0.25, 0.3) is 5.91 Å². The van der Waals surface area contributed by atoms with Gasteiger partial charge in [0, 0.05) is 11.6 Å². The van der Waals surface area contributed by atoms with Crippen LogP contribution in [0.15, 0.2) is 54.6 Å². The summed E-state index contributed by atoms with van der Waals surface area (Å²) >= 11 is 0. The maximum Gasteiger partial charge on any atom is 0.258 e. The van der Waals surface area contributed by atoms with E-state index in [-0.39, 0.29) is 31.5 Å². The molecule has 0 radical (unpaired) electrons. The number of hydrogen-bond acceptors (Lipinski definition) is 6. The number of aromatic nitrogens is 4. The number of benzene rings is 2. The highest BCUT2D eigenvalue weighted by Crippen LogP contribution is 2.27. The number of halogens is 1. The molecule has 0 spiro atoms. The van der Waals surface area contributed by atoms with Crippen LogP contribution in [0.2, 0.25) is 0 Å². The SMILES string of the molecule is Cc1ccc(C(C)C)c(OCC(=O)NCCOc2ccc3nnc(-c4cccc(F)c4)n3n2)c1. The summed E-state index contributed by atoms with van der Waals surface area (Å²) in [4.78, 5) is 12.2. The van der Waals surface area contributed by atoms with Crippen molar-refractivity contribution >= 4 is 11.6 Å². The lowest BCUT2D eigenvalue weighted by molar-refractivity contribution is -0.123. The van der Waals surface area contributed by atoms with E-state index in [4.69, 9.17) is 9.47 Å². The van der Waals surface area contributed by atoms with E-state index < -0.39 is 0 Å². The van der Waals surface area contributed by atoms with Gasteiger partial charge in [0.2, 0.25) is 5.88 Å². The van der Waals surface area contributed by atoms with Gasteiger partial charge in [-0.25, -0.2) is 4.39 Å². The molecule has 2 heterocycles. The minimum Gasteiger partial charge on any atom is -0.483 e. The van der Waals surface area contributed by atoms with Crippen LogP contribution in [0.3, 0.4) is 0 Å². The zero-order valence-electron chi connectivity index (χ0n) is 19.3. The van der Waals surface area contributed by atoms with Crippen molar-refractivity contribution in [2.75, 3.05) is 19.8 Å². The Bertz CT molecular complexity index is 1300. The molecule has 176 valence electrons. The van der Waals surface area contributed by atoms with Crippen molar-refractivity contribution < 1.29 is 18.7 Å². The number of nitrogens with zero attached hydrogens (tertiary/aromatic N) is 4. The van der Waals surface area contributed by atoms with Gasteiger partial charge in [-0.2, -0.15) is 4.52 Å². The number of nitrogens with one attached hydrogen (secondary N) is 1. The summed E-state index contributed by atoms with van der Waals surface area (Å²) < 4.78 is 26.5. The zero-order chi connectivity index (χ0) is 24.1. The van der Waals surface area contributed by atoms with Crippen molar-refractivity contribution in [1.82, 2.24) is 25.1 Å². The van der Waals surface area contributed by atoms with Crippen LogP contribution in [0.4, 0.5) is 4.39 Å². The van der Waals surface area contributed by atoms with Gasteiger partial charge in [-0.15, -0.1) is 15.3 Å². The van der Waals surface area contributed by atoms with Crippen molar-refractivity contribution in [2.24, 2.45) is 0 Å². The van der Waals surface area contributed by atoms with E-state index in [1.807, 2.05) is 25.1 Å². The fourth-order valence-corrected chi connectivity index (χ4v) is 3.44.